The van der Waals surface area contributed by atoms with Crippen molar-refractivity contribution in [3.05, 3.63) is 63.9 Å². The van der Waals surface area contributed by atoms with Crippen LogP contribution in [0.15, 0.2) is 57.1 Å². The Labute approximate surface area is 138 Å². The molecule has 1 aliphatic carbocycles. The third-order valence-electron chi connectivity index (χ3n) is 4.74. The summed E-state index contributed by atoms with van der Waals surface area (Å²) in [5.74, 6) is 0.113. The highest BCUT2D eigenvalue weighted by atomic mass is 16.5. The van der Waals surface area contributed by atoms with Gasteiger partial charge in [0.1, 0.15) is 11.7 Å². The Morgan fingerprint density at radius 2 is 2.12 bits per heavy atom. The molecular weight excluding hydrogens is 304 g/mol. The van der Waals surface area contributed by atoms with Gasteiger partial charge >= 0.3 is 5.63 Å². The van der Waals surface area contributed by atoms with Gasteiger partial charge in [-0.05, 0) is 37.3 Å². The Balaban J connectivity index is 2.02. The normalized spacial score (nSPS) is 22.8. The van der Waals surface area contributed by atoms with Crippen molar-refractivity contribution in [2.24, 2.45) is 11.7 Å². The Kier molecular flexibility index (Phi) is 3.39. The maximum absolute atomic E-state index is 12.7. The molecule has 2 aromatic rings. The second-order valence-corrected chi connectivity index (χ2v) is 6.12. The van der Waals surface area contributed by atoms with Gasteiger partial charge in [-0.3, -0.25) is 0 Å². The highest BCUT2D eigenvalue weighted by molar-refractivity contribution is 5.85. The summed E-state index contributed by atoms with van der Waals surface area (Å²) in [5.41, 5.74) is 6.71. The van der Waals surface area contributed by atoms with Crippen LogP contribution < -0.4 is 16.1 Å². The molecule has 1 aromatic heterocycles. The van der Waals surface area contributed by atoms with Gasteiger partial charge in [-0.1, -0.05) is 24.3 Å². The van der Waals surface area contributed by atoms with E-state index >= 15 is 0 Å². The lowest BCUT2D eigenvalue weighted by molar-refractivity contribution is 0.358. The van der Waals surface area contributed by atoms with Crippen LogP contribution in [0.2, 0.25) is 0 Å². The van der Waals surface area contributed by atoms with Crippen LogP contribution in [0.3, 0.4) is 0 Å². The lowest BCUT2D eigenvalue weighted by Crippen LogP contribution is -2.29. The Morgan fingerprint density at radius 1 is 1.29 bits per heavy atom. The number of allylic oxidation sites excluding steroid dienone is 3. The van der Waals surface area contributed by atoms with Crippen molar-refractivity contribution in [1.82, 2.24) is 0 Å². The molecule has 0 bridgehead atoms. The van der Waals surface area contributed by atoms with E-state index in [-0.39, 0.29) is 11.8 Å². The average Bonchev–Trinajstić information content (AvgIpc) is 2.61. The van der Waals surface area contributed by atoms with E-state index in [4.69, 9.17) is 14.9 Å². The van der Waals surface area contributed by atoms with Gasteiger partial charge in [0.15, 0.2) is 5.75 Å². The van der Waals surface area contributed by atoms with Gasteiger partial charge in [-0.15, -0.1) is 0 Å². The molecule has 0 saturated heterocycles. The molecule has 1 aromatic carbocycles. The van der Waals surface area contributed by atoms with Crippen LogP contribution in [0.1, 0.15) is 30.7 Å². The summed E-state index contributed by atoms with van der Waals surface area (Å²) < 4.78 is 11.2. The van der Waals surface area contributed by atoms with Crippen molar-refractivity contribution >= 4 is 11.0 Å². The van der Waals surface area contributed by atoms with Gasteiger partial charge in [-0.2, -0.15) is 5.26 Å². The molecule has 2 atom stereocenters. The van der Waals surface area contributed by atoms with Crippen LogP contribution in [0.5, 0.6) is 5.75 Å². The molecule has 5 nitrogen and oxygen atoms in total. The quantitative estimate of drug-likeness (QED) is 0.643. The SMILES string of the molecule is N#CC1=C(N)Oc2c(c(=O)oc3ccccc23)[C@H]1[C@@H]1C=CCCC1. The fourth-order valence-corrected chi connectivity index (χ4v) is 3.65. The van der Waals surface area contributed by atoms with E-state index in [2.05, 4.69) is 18.2 Å². The third kappa shape index (κ3) is 2.11. The summed E-state index contributed by atoms with van der Waals surface area (Å²) in [7, 11) is 0. The summed E-state index contributed by atoms with van der Waals surface area (Å²) in [6.07, 6.45) is 7.09. The monoisotopic (exact) mass is 320 g/mol. The summed E-state index contributed by atoms with van der Waals surface area (Å²) in [6.45, 7) is 0. The van der Waals surface area contributed by atoms with Crippen molar-refractivity contribution in [2.75, 3.05) is 0 Å². The number of fused-ring (bicyclic) bond motifs is 3. The van der Waals surface area contributed by atoms with Gasteiger partial charge in [0.2, 0.25) is 5.88 Å². The first kappa shape index (κ1) is 14.6. The zero-order chi connectivity index (χ0) is 16.7. The summed E-state index contributed by atoms with van der Waals surface area (Å²) in [5, 5.41) is 10.3. The summed E-state index contributed by atoms with van der Waals surface area (Å²) in [4.78, 5) is 12.7. The molecule has 0 unspecified atom stereocenters. The smallest absolute Gasteiger partial charge is 0.343 e. The van der Waals surface area contributed by atoms with Gasteiger partial charge in [0, 0.05) is 5.92 Å². The average molecular weight is 320 g/mol. The predicted molar refractivity (Wildman–Crippen MR) is 89.2 cm³/mol. The van der Waals surface area contributed by atoms with E-state index < -0.39 is 11.5 Å². The first-order chi connectivity index (χ1) is 11.7. The molecule has 2 N–H and O–H groups in total. The lowest BCUT2D eigenvalue weighted by atomic mass is 9.75. The van der Waals surface area contributed by atoms with Crippen LogP contribution in [-0.4, -0.2) is 0 Å². The lowest BCUT2D eigenvalue weighted by Gasteiger charge is -2.31. The predicted octanol–water partition coefficient (Wildman–Crippen LogP) is 3.32. The number of hydrogen-bond acceptors (Lipinski definition) is 5. The second-order valence-electron chi connectivity index (χ2n) is 6.12. The van der Waals surface area contributed by atoms with Gasteiger partial charge in [-0.25, -0.2) is 4.79 Å². The molecular formula is C19H16N2O3. The van der Waals surface area contributed by atoms with E-state index in [1.54, 1.807) is 12.1 Å². The van der Waals surface area contributed by atoms with E-state index in [0.717, 1.165) is 19.3 Å². The van der Waals surface area contributed by atoms with Crippen LogP contribution in [0, 0.1) is 17.2 Å². The standard InChI is InChI=1S/C19H16N2O3/c20-10-13-15(11-6-2-1-3-7-11)16-17(24-18(13)21)12-8-4-5-9-14(12)23-19(16)22/h2,4-6,8-9,11,15H,1,3,7,21H2/t11-,15+/m1/s1. The number of rotatable bonds is 1. The molecule has 0 saturated carbocycles. The van der Waals surface area contributed by atoms with Crippen LogP contribution in [0.25, 0.3) is 11.0 Å². The molecule has 1 aliphatic heterocycles. The zero-order valence-electron chi connectivity index (χ0n) is 13.0. The fraction of sp³-hybridized carbons (Fsp3) is 0.263. The van der Waals surface area contributed by atoms with Crippen LogP contribution in [-0.2, 0) is 0 Å². The van der Waals surface area contributed by atoms with Gasteiger partial charge in [0.25, 0.3) is 0 Å². The molecule has 0 radical (unpaired) electrons. The molecule has 0 spiro atoms. The minimum Gasteiger partial charge on any atom is -0.439 e. The minimum atomic E-state index is -0.465. The highest BCUT2D eigenvalue weighted by Gasteiger charge is 2.38. The Hall–Kier alpha value is -3.00. The van der Waals surface area contributed by atoms with E-state index in [1.807, 2.05) is 12.1 Å². The van der Waals surface area contributed by atoms with Gasteiger partial charge in [0.05, 0.1) is 16.5 Å². The summed E-state index contributed by atoms with van der Waals surface area (Å²) >= 11 is 0. The maximum Gasteiger partial charge on any atom is 0.343 e. The Bertz CT molecular complexity index is 978. The van der Waals surface area contributed by atoms with Crippen molar-refractivity contribution in [3.8, 4) is 11.8 Å². The number of nitrogens with two attached hydrogens (primary N) is 1. The number of para-hydroxylation sites is 1. The van der Waals surface area contributed by atoms with Crippen molar-refractivity contribution in [1.29, 1.82) is 5.26 Å². The maximum atomic E-state index is 12.7. The largest absolute Gasteiger partial charge is 0.439 e. The first-order valence-corrected chi connectivity index (χ1v) is 8.00. The topological polar surface area (TPSA) is 89.3 Å². The van der Waals surface area contributed by atoms with Crippen molar-refractivity contribution in [3.63, 3.8) is 0 Å². The molecule has 4 rings (SSSR count). The van der Waals surface area contributed by atoms with Crippen LogP contribution in [0.4, 0.5) is 0 Å². The van der Waals surface area contributed by atoms with E-state index in [0.29, 0.717) is 27.9 Å². The minimum absolute atomic E-state index is 0.0404. The molecule has 2 heterocycles. The third-order valence-corrected chi connectivity index (χ3v) is 4.74. The number of hydrogen-bond donors (Lipinski definition) is 1. The number of ether oxygens (including phenoxy) is 1. The van der Waals surface area contributed by atoms with Gasteiger partial charge < -0.3 is 14.9 Å². The van der Waals surface area contributed by atoms with E-state index in [9.17, 15) is 10.1 Å². The molecule has 5 heteroatoms. The molecule has 2 aliphatic rings. The second kappa shape index (κ2) is 5.57. The molecule has 0 fully saturated rings. The first-order valence-electron chi connectivity index (χ1n) is 8.00. The fourth-order valence-electron chi connectivity index (χ4n) is 3.65. The van der Waals surface area contributed by atoms with Crippen molar-refractivity contribution in [2.45, 2.75) is 25.2 Å². The zero-order valence-corrected chi connectivity index (χ0v) is 13.0. The van der Waals surface area contributed by atoms with Crippen molar-refractivity contribution < 1.29 is 9.15 Å². The number of benzene rings is 1. The van der Waals surface area contributed by atoms with Crippen LogP contribution >= 0.6 is 0 Å². The van der Waals surface area contributed by atoms with E-state index in [1.165, 1.54) is 0 Å². The molecule has 0 amide bonds. The summed E-state index contributed by atoms with van der Waals surface area (Å²) in [6, 6.07) is 9.32. The number of nitrogens with zero attached hydrogens (tertiary/aromatic N) is 1. The highest BCUT2D eigenvalue weighted by Crippen LogP contribution is 2.45. The number of nitriles is 1. The Morgan fingerprint density at radius 3 is 2.88 bits per heavy atom. The molecule has 24 heavy (non-hydrogen) atoms. The molecule has 120 valence electrons.